The standard InChI is InChI=1S/C17H26N2O3.ClH/c1-21-15-9-12(10-16(11-15)22-2)3-8-17(20)19-14-6-4-13(18)5-7-14;/h9-11,13-14H,3-8,18H2,1-2H3,(H,19,20);1H. The van der Waals surface area contributed by atoms with Crippen molar-refractivity contribution in [1.29, 1.82) is 0 Å². The summed E-state index contributed by atoms with van der Waals surface area (Å²) < 4.78 is 10.5. The van der Waals surface area contributed by atoms with Crippen LogP contribution >= 0.6 is 12.4 Å². The molecule has 1 amide bonds. The van der Waals surface area contributed by atoms with Crippen LogP contribution in [0.1, 0.15) is 37.7 Å². The van der Waals surface area contributed by atoms with E-state index in [1.54, 1.807) is 14.2 Å². The fraction of sp³-hybridized carbons (Fsp3) is 0.588. The Morgan fingerprint density at radius 3 is 2.22 bits per heavy atom. The molecule has 1 aliphatic rings. The van der Waals surface area contributed by atoms with Gasteiger partial charge in [-0.15, -0.1) is 12.4 Å². The van der Waals surface area contributed by atoms with Gasteiger partial charge < -0.3 is 20.5 Å². The molecule has 3 N–H and O–H groups in total. The number of halogens is 1. The molecule has 1 aliphatic carbocycles. The minimum absolute atomic E-state index is 0. The third kappa shape index (κ3) is 6.28. The average Bonchev–Trinajstić information content (AvgIpc) is 2.54. The Morgan fingerprint density at radius 2 is 1.70 bits per heavy atom. The van der Waals surface area contributed by atoms with E-state index in [-0.39, 0.29) is 24.4 Å². The van der Waals surface area contributed by atoms with E-state index in [0.717, 1.165) is 42.7 Å². The molecule has 0 heterocycles. The highest BCUT2D eigenvalue weighted by Gasteiger charge is 2.19. The van der Waals surface area contributed by atoms with Gasteiger partial charge in [-0.1, -0.05) is 0 Å². The minimum atomic E-state index is 0. The molecule has 1 fully saturated rings. The number of carbonyl (C=O) groups is 1. The fourth-order valence-corrected chi connectivity index (χ4v) is 2.83. The Morgan fingerprint density at radius 1 is 1.13 bits per heavy atom. The molecular weight excluding hydrogens is 316 g/mol. The van der Waals surface area contributed by atoms with Crippen molar-refractivity contribution in [3.05, 3.63) is 23.8 Å². The first-order valence-corrected chi connectivity index (χ1v) is 7.87. The Balaban J connectivity index is 0.00000264. The first-order valence-electron chi connectivity index (χ1n) is 7.87. The highest BCUT2D eigenvalue weighted by Crippen LogP contribution is 2.23. The molecule has 5 nitrogen and oxygen atoms in total. The summed E-state index contributed by atoms with van der Waals surface area (Å²) in [6, 6.07) is 6.30. The van der Waals surface area contributed by atoms with Crippen molar-refractivity contribution in [2.75, 3.05) is 14.2 Å². The Hall–Kier alpha value is -1.46. The van der Waals surface area contributed by atoms with E-state index >= 15 is 0 Å². The molecule has 0 atom stereocenters. The van der Waals surface area contributed by atoms with E-state index in [1.807, 2.05) is 18.2 Å². The Kier molecular flexibility index (Phi) is 8.20. The zero-order valence-corrected chi connectivity index (χ0v) is 14.7. The molecule has 23 heavy (non-hydrogen) atoms. The Labute approximate surface area is 144 Å². The van der Waals surface area contributed by atoms with Gasteiger partial charge in [0.05, 0.1) is 14.2 Å². The molecule has 0 aliphatic heterocycles. The van der Waals surface area contributed by atoms with Crippen molar-refractivity contribution < 1.29 is 14.3 Å². The predicted octanol–water partition coefficient (Wildman–Crippen LogP) is 2.44. The van der Waals surface area contributed by atoms with Gasteiger partial charge in [0.15, 0.2) is 0 Å². The lowest BCUT2D eigenvalue weighted by Gasteiger charge is -2.26. The summed E-state index contributed by atoms with van der Waals surface area (Å²) in [6.45, 7) is 0. The van der Waals surface area contributed by atoms with Gasteiger partial charge in [0.25, 0.3) is 0 Å². The number of benzene rings is 1. The number of hydrogen-bond donors (Lipinski definition) is 2. The number of aryl methyl sites for hydroxylation is 1. The molecular formula is C17H27ClN2O3. The van der Waals surface area contributed by atoms with E-state index in [2.05, 4.69) is 5.32 Å². The smallest absolute Gasteiger partial charge is 0.220 e. The van der Waals surface area contributed by atoms with E-state index in [4.69, 9.17) is 15.2 Å². The molecule has 6 heteroatoms. The molecule has 0 spiro atoms. The number of ether oxygens (including phenoxy) is 2. The SMILES string of the molecule is COc1cc(CCC(=O)NC2CCC(N)CC2)cc(OC)c1.Cl. The van der Waals surface area contributed by atoms with Gasteiger partial charge in [-0.05, 0) is 49.8 Å². The minimum Gasteiger partial charge on any atom is -0.497 e. The lowest BCUT2D eigenvalue weighted by atomic mass is 9.91. The number of carbonyl (C=O) groups excluding carboxylic acids is 1. The second-order valence-electron chi connectivity index (χ2n) is 5.90. The van der Waals surface area contributed by atoms with Crippen molar-refractivity contribution in [1.82, 2.24) is 5.32 Å². The van der Waals surface area contributed by atoms with E-state index in [0.29, 0.717) is 18.9 Å². The van der Waals surface area contributed by atoms with Crippen LogP contribution in [-0.4, -0.2) is 32.2 Å². The first kappa shape index (κ1) is 19.6. The summed E-state index contributed by atoms with van der Waals surface area (Å²) in [5.41, 5.74) is 6.92. The summed E-state index contributed by atoms with van der Waals surface area (Å²) in [4.78, 5) is 12.1. The van der Waals surface area contributed by atoms with Crippen molar-refractivity contribution in [2.45, 2.75) is 50.6 Å². The van der Waals surface area contributed by atoms with Gasteiger partial charge in [-0.3, -0.25) is 4.79 Å². The van der Waals surface area contributed by atoms with Crippen molar-refractivity contribution in [3.63, 3.8) is 0 Å². The van der Waals surface area contributed by atoms with Crippen LogP contribution in [0.2, 0.25) is 0 Å². The summed E-state index contributed by atoms with van der Waals surface area (Å²) in [5, 5.41) is 3.11. The lowest BCUT2D eigenvalue weighted by Crippen LogP contribution is -2.40. The largest absolute Gasteiger partial charge is 0.497 e. The molecule has 0 saturated heterocycles. The second-order valence-corrected chi connectivity index (χ2v) is 5.90. The van der Waals surface area contributed by atoms with Crippen molar-refractivity contribution >= 4 is 18.3 Å². The predicted molar refractivity (Wildman–Crippen MR) is 93.5 cm³/mol. The molecule has 1 aromatic carbocycles. The number of hydrogen-bond acceptors (Lipinski definition) is 4. The zero-order valence-electron chi connectivity index (χ0n) is 13.8. The van der Waals surface area contributed by atoms with Gasteiger partial charge >= 0.3 is 0 Å². The fourth-order valence-electron chi connectivity index (χ4n) is 2.83. The van der Waals surface area contributed by atoms with Crippen LogP contribution in [0.25, 0.3) is 0 Å². The van der Waals surface area contributed by atoms with Crippen LogP contribution in [0.3, 0.4) is 0 Å². The van der Waals surface area contributed by atoms with Crippen LogP contribution < -0.4 is 20.5 Å². The molecule has 130 valence electrons. The molecule has 0 bridgehead atoms. The third-order valence-electron chi connectivity index (χ3n) is 4.19. The highest BCUT2D eigenvalue weighted by molar-refractivity contribution is 5.85. The molecule has 1 aromatic rings. The maximum Gasteiger partial charge on any atom is 0.220 e. The third-order valence-corrected chi connectivity index (χ3v) is 4.19. The quantitative estimate of drug-likeness (QED) is 0.832. The molecule has 0 aromatic heterocycles. The highest BCUT2D eigenvalue weighted by atomic mass is 35.5. The van der Waals surface area contributed by atoms with Gasteiger partial charge in [0, 0.05) is 24.6 Å². The van der Waals surface area contributed by atoms with Crippen molar-refractivity contribution in [3.8, 4) is 11.5 Å². The van der Waals surface area contributed by atoms with Crippen molar-refractivity contribution in [2.24, 2.45) is 5.73 Å². The average molecular weight is 343 g/mol. The number of nitrogens with one attached hydrogen (secondary N) is 1. The van der Waals surface area contributed by atoms with Gasteiger partial charge in [-0.25, -0.2) is 0 Å². The summed E-state index contributed by atoms with van der Waals surface area (Å²) in [5.74, 6) is 1.59. The number of nitrogens with two attached hydrogens (primary N) is 1. The maximum absolute atomic E-state index is 12.1. The molecule has 0 radical (unpaired) electrons. The van der Waals surface area contributed by atoms with Crippen LogP contribution in [0.5, 0.6) is 11.5 Å². The van der Waals surface area contributed by atoms with E-state index in [1.165, 1.54) is 0 Å². The topological polar surface area (TPSA) is 73.6 Å². The zero-order chi connectivity index (χ0) is 15.9. The normalized spacial score (nSPS) is 20.3. The van der Waals surface area contributed by atoms with Crippen LogP contribution in [0, 0.1) is 0 Å². The van der Waals surface area contributed by atoms with E-state index < -0.39 is 0 Å². The first-order chi connectivity index (χ1) is 10.6. The van der Waals surface area contributed by atoms with Gasteiger partial charge in [-0.2, -0.15) is 0 Å². The van der Waals surface area contributed by atoms with Gasteiger partial charge in [0.1, 0.15) is 11.5 Å². The Bertz CT molecular complexity index is 480. The van der Waals surface area contributed by atoms with E-state index in [9.17, 15) is 4.79 Å². The van der Waals surface area contributed by atoms with Crippen LogP contribution in [0.4, 0.5) is 0 Å². The molecule has 0 unspecified atom stereocenters. The summed E-state index contributed by atoms with van der Waals surface area (Å²) >= 11 is 0. The van der Waals surface area contributed by atoms with Crippen LogP contribution in [-0.2, 0) is 11.2 Å². The lowest BCUT2D eigenvalue weighted by molar-refractivity contribution is -0.122. The monoisotopic (exact) mass is 342 g/mol. The maximum atomic E-state index is 12.1. The number of amides is 1. The van der Waals surface area contributed by atoms with Crippen LogP contribution in [0.15, 0.2) is 18.2 Å². The van der Waals surface area contributed by atoms with Gasteiger partial charge in [0.2, 0.25) is 5.91 Å². The summed E-state index contributed by atoms with van der Waals surface area (Å²) in [6.07, 6.45) is 5.11. The number of rotatable bonds is 6. The molecule has 1 saturated carbocycles. The summed E-state index contributed by atoms with van der Waals surface area (Å²) in [7, 11) is 3.25. The molecule has 2 rings (SSSR count). The number of methoxy groups -OCH3 is 2. The second kappa shape index (κ2) is 9.63.